The molecule has 19 atom stereocenters. The summed E-state index contributed by atoms with van der Waals surface area (Å²) in [5.41, 5.74) is -1.90. The third-order valence-electron chi connectivity index (χ3n) is 16.8. The zero-order valence-electron chi connectivity index (χ0n) is 45.7. The largest absolute Gasteiger partial charge is 0.459 e. The van der Waals surface area contributed by atoms with E-state index in [2.05, 4.69) is 5.32 Å². The van der Waals surface area contributed by atoms with Gasteiger partial charge in [0.1, 0.15) is 36.7 Å². The fraction of sp³-hybridized carbons (Fsp3) is 0.815. The van der Waals surface area contributed by atoms with Crippen LogP contribution in [0.3, 0.4) is 0 Å². The van der Waals surface area contributed by atoms with Gasteiger partial charge in [0.05, 0.1) is 59.1 Å². The minimum Gasteiger partial charge on any atom is -0.459 e. The molecule has 4 heterocycles. The third-order valence-corrected chi connectivity index (χ3v) is 18.3. The van der Waals surface area contributed by atoms with E-state index in [1.165, 1.54) is 14.0 Å². The van der Waals surface area contributed by atoms with Crippen molar-refractivity contribution in [1.82, 2.24) is 15.1 Å². The van der Waals surface area contributed by atoms with E-state index in [1.54, 1.807) is 54.7 Å². The molecule has 3 saturated heterocycles. The van der Waals surface area contributed by atoms with E-state index in [4.69, 9.17) is 23.7 Å². The number of allylic oxidation sites excluding steroid dienone is 1. The Labute approximate surface area is 434 Å². The van der Waals surface area contributed by atoms with E-state index in [9.17, 15) is 47.9 Å². The molecule has 73 heavy (non-hydrogen) atoms. The summed E-state index contributed by atoms with van der Waals surface area (Å²) in [5, 5.41) is 62.8. The number of cyclic esters (lactones) is 1. The van der Waals surface area contributed by atoms with E-state index >= 15 is 0 Å². The number of halogens is 1. The molecule has 4 aliphatic heterocycles. The number of alkyl halides is 1. The molecule has 0 aromatic heterocycles. The minimum absolute atomic E-state index is 0.00221. The van der Waals surface area contributed by atoms with Gasteiger partial charge in [-0.3, -0.25) is 9.59 Å². The summed E-state index contributed by atoms with van der Waals surface area (Å²) >= 11 is 0. The number of methoxy groups -OCH3 is 1. The molecular formula is C54H90FN3O14S. The smallest absolute Gasteiger partial charge is 0.309 e. The van der Waals surface area contributed by atoms with Crippen molar-refractivity contribution in [2.24, 2.45) is 23.7 Å². The standard InChI is InChI=1S/C54H90FN3O14S/c1-14-43-54(10,65)47(61)35(6)58(12)30-31(2)27-52(8,64)49(33(4)45(34(5)50(63)71-43)42-28-53(9,68-13)48(62)36(7)70-42)72-51-46(60)41(25-32(3)69-51)57(11)22-19-44(59)56-40(29-55)26-37-15-17-38(18-16-37)39-20-23-73(66,67)24-21-39/h15-18,20,31-36,40-43,45-49,51,60-62,64-65H,14,19,21-30H2,1-13H3,(H,56,59)/t31-,32-,33+,34-,35-,36+,40+,41+,42-,43-,45?,46-,47-,48+,49-,51+,52-,53-,54-/m1/s1. The lowest BCUT2D eigenvalue weighted by Gasteiger charge is -2.51. The lowest BCUT2D eigenvalue weighted by Crippen LogP contribution is -2.62. The highest BCUT2D eigenvalue weighted by molar-refractivity contribution is 7.91. The van der Waals surface area contributed by atoms with E-state index < -0.39 is 130 Å². The van der Waals surface area contributed by atoms with E-state index in [1.807, 2.05) is 61.9 Å². The number of benzene rings is 1. The van der Waals surface area contributed by atoms with Crippen LogP contribution in [0, 0.1) is 23.7 Å². The summed E-state index contributed by atoms with van der Waals surface area (Å²) in [7, 11) is 2.05. The second kappa shape index (κ2) is 25.2. The van der Waals surface area contributed by atoms with Crippen LogP contribution in [-0.4, -0.2) is 198 Å². The van der Waals surface area contributed by atoms with Gasteiger partial charge in [-0.2, -0.15) is 0 Å². The number of hydrogen-bond acceptors (Lipinski definition) is 16. The second-order valence-electron chi connectivity index (χ2n) is 22.9. The second-order valence-corrected chi connectivity index (χ2v) is 25.2. The van der Waals surface area contributed by atoms with E-state index in [0.717, 1.165) is 16.7 Å². The zero-order chi connectivity index (χ0) is 54.5. The summed E-state index contributed by atoms with van der Waals surface area (Å²) < 4.78 is 70.1. The topological polar surface area (TPSA) is 234 Å². The Balaban J connectivity index is 1.39. The molecule has 0 saturated carbocycles. The number of carbonyl (C=O) groups is 2. The predicted octanol–water partition coefficient (Wildman–Crippen LogP) is 3.83. The molecular weight excluding hydrogens is 966 g/mol. The molecule has 418 valence electrons. The van der Waals surface area contributed by atoms with Crippen molar-refractivity contribution in [3.63, 3.8) is 0 Å². The molecule has 4 aliphatic rings. The van der Waals surface area contributed by atoms with Crippen LogP contribution in [0.5, 0.6) is 0 Å². The summed E-state index contributed by atoms with van der Waals surface area (Å²) in [5.74, 6) is -3.63. The SMILES string of the molecule is CC[C@H]1OC(=O)[C@H](C)C([C@H]2C[C@@](C)(OC)[C@@H](O)[C@H](C)O2)[C@H](C)[C@@H](O[C@@H]2O[C@H](C)C[C@H](N(C)CCC(=O)N[C@H](CF)Cc3ccc(C4=CCS(=O)(=O)CC4)cc3)[C@H]2O)[C@](C)(O)C[C@@H](C)CN(C)[C@H](C)[C@@H](O)[C@]1(C)O. The molecule has 17 nitrogen and oxygen atoms in total. The van der Waals surface area contributed by atoms with Crippen LogP contribution >= 0.6 is 0 Å². The summed E-state index contributed by atoms with van der Waals surface area (Å²) in [4.78, 5) is 31.7. The van der Waals surface area contributed by atoms with Crippen molar-refractivity contribution in [2.45, 2.75) is 204 Å². The first-order chi connectivity index (χ1) is 34.0. The molecule has 1 amide bonds. The molecule has 3 fully saturated rings. The average molecular weight is 1060 g/mol. The maximum absolute atomic E-state index is 14.6. The van der Waals surface area contributed by atoms with Gasteiger partial charge in [0, 0.05) is 51.0 Å². The van der Waals surface area contributed by atoms with Crippen LogP contribution in [0.25, 0.3) is 5.57 Å². The maximum Gasteiger partial charge on any atom is 0.309 e. The highest BCUT2D eigenvalue weighted by Gasteiger charge is 2.55. The molecule has 1 aromatic carbocycles. The number of nitrogens with zero attached hydrogens (tertiary/aromatic N) is 2. The number of sulfone groups is 1. The number of rotatable bonds is 14. The predicted molar refractivity (Wildman–Crippen MR) is 276 cm³/mol. The minimum atomic E-state index is -3.06. The quantitative estimate of drug-likeness (QED) is 0.145. The Bertz CT molecular complexity index is 2110. The van der Waals surface area contributed by atoms with Crippen LogP contribution in [0.4, 0.5) is 4.39 Å². The van der Waals surface area contributed by atoms with Crippen molar-refractivity contribution >= 4 is 27.3 Å². The van der Waals surface area contributed by atoms with Gasteiger partial charge in [0.25, 0.3) is 0 Å². The highest BCUT2D eigenvalue weighted by Crippen LogP contribution is 2.45. The van der Waals surface area contributed by atoms with E-state index in [0.29, 0.717) is 19.4 Å². The fourth-order valence-electron chi connectivity index (χ4n) is 12.2. The zero-order valence-corrected chi connectivity index (χ0v) is 46.5. The summed E-state index contributed by atoms with van der Waals surface area (Å²) in [6.45, 7) is 17.4. The van der Waals surface area contributed by atoms with Gasteiger partial charge < -0.3 is 64.3 Å². The van der Waals surface area contributed by atoms with E-state index in [-0.39, 0.29) is 62.0 Å². The van der Waals surface area contributed by atoms with Crippen molar-refractivity contribution in [3.05, 3.63) is 41.5 Å². The fourth-order valence-corrected chi connectivity index (χ4v) is 13.3. The number of hydrogen-bond donors (Lipinski definition) is 6. The van der Waals surface area contributed by atoms with Crippen molar-refractivity contribution in [3.8, 4) is 0 Å². The highest BCUT2D eigenvalue weighted by atomic mass is 32.2. The first kappa shape index (κ1) is 61.2. The van der Waals surface area contributed by atoms with Crippen LogP contribution in [0.1, 0.15) is 119 Å². The van der Waals surface area contributed by atoms with Crippen molar-refractivity contribution < 1.29 is 71.6 Å². The van der Waals surface area contributed by atoms with Gasteiger partial charge in [-0.25, -0.2) is 12.8 Å². The molecule has 0 radical (unpaired) electrons. The molecule has 0 bridgehead atoms. The molecule has 1 aromatic rings. The van der Waals surface area contributed by atoms with Gasteiger partial charge in [0.2, 0.25) is 5.91 Å². The summed E-state index contributed by atoms with van der Waals surface area (Å²) in [6.07, 6.45) is -5.76. The van der Waals surface area contributed by atoms with Crippen molar-refractivity contribution in [1.29, 1.82) is 0 Å². The molecule has 6 N–H and O–H groups in total. The number of carbonyl (C=O) groups excluding carboxylic acids is 2. The van der Waals surface area contributed by atoms with Gasteiger partial charge in [-0.1, -0.05) is 58.0 Å². The Morgan fingerprint density at radius 1 is 1.01 bits per heavy atom. The van der Waals surface area contributed by atoms with Gasteiger partial charge in [-0.15, -0.1) is 0 Å². The van der Waals surface area contributed by atoms with Gasteiger partial charge >= 0.3 is 5.97 Å². The number of aliphatic hydroxyl groups is 5. The molecule has 0 aliphatic carbocycles. The first-order valence-electron chi connectivity index (χ1n) is 26.4. The number of amides is 1. The Morgan fingerprint density at radius 3 is 2.26 bits per heavy atom. The lowest BCUT2D eigenvalue weighted by atomic mass is 9.68. The lowest BCUT2D eigenvalue weighted by molar-refractivity contribution is -0.302. The third kappa shape index (κ3) is 14.9. The maximum atomic E-state index is 14.6. The monoisotopic (exact) mass is 1060 g/mol. The Kier molecular flexibility index (Phi) is 21.1. The van der Waals surface area contributed by atoms with Gasteiger partial charge in [0.15, 0.2) is 16.1 Å². The van der Waals surface area contributed by atoms with Gasteiger partial charge in [-0.05, 0) is 116 Å². The van der Waals surface area contributed by atoms with Crippen LogP contribution in [0.2, 0.25) is 0 Å². The Hall–Kier alpha value is -2.66. The number of nitrogens with one attached hydrogen (secondary N) is 1. The number of likely N-dealkylation sites (N-methyl/N-ethyl adjacent to an activating group) is 2. The number of ether oxygens (including phenoxy) is 5. The molecule has 1 unspecified atom stereocenters. The molecule has 0 spiro atoms. The van der Waals surface area contributed by atoms with Crippen LogP contribution in [-0.2, 0) is 49.5 Å². The van der Waals surface area contributed by atoms with Crippen LogP contribution in [0.15, 0.2) is 30.3 Å². The summed E-state index contributed by atoms with van der Waals surface area (Å²) in [6, 6.07) is 5.55. The van der Waals surface area contributed by atoms with Crippen LogP contribution < -0.4 is 5.32 Å². The number of esters is 1. The van der Waals surface area contributed by atoms with Crippen molar-refractivity contribution in [2.75, 3.05) is 52.5 Å². The normalized spacial score (nSPS) is 41.0. The first-order valence-corrected chi connectivity index (χ1v) is 28.3. The average Bonchev–Trinajstić information content (AvgIpc) is 3.32. The number of aliphatic hydroxyl groups excluding tert-OH is 3. The molecule has 19 heteroatoms. The Morgan fingerprint density at radius 2 is 1.67 bits per heavy atom. The molecule has 5 rings (SSSR count).